The van der Waals surface area contributed by atoms with Crippen molar-refractivity contribution in [1.82, 2.24) is 10.6 Å². The van der Waals surface area contributed by atoms with Crippen molar-refractivity contribution >= 4 is 5.91 Å². The molecule has 1 rings (SSSR count). The molecular formula is C14H19N3O2. The van der Waals surface area contributed by atoms with Gasteiger partial charge in [-0.2, -0.15) is 5.26 Å². The quantitative estimate of drug-likeness (QED) is 0.690. The molecule has 0 heterocycles. The normalized spacial score (nSPS) is 9.68. The number of nitrogens with one attached hydrogen (secondary N) is 2. The van der Waals surface area contributed by atoms with Crippen molar-refractivity contribution in [2.24, 2.45) is 0 Å². The fourth-order valence-electron chi connectivity index (χ4n) is 1.54. The van der Waals surface area contributed by atoms with Gasteiger partial charge in [0, 0.05) is 26.1 Å². The zero-order valence-corrected chi connectivity index (χ0v) is 11.1. The van der Waals surface area contributed by atoms with Crippen LogP contribution in [0.1, 0.15) is 18.9 Å². The van der Waals surface area contributed by atoms with Gasteiger partial charge in [0.15, 0.2) is 6.61 Å². The van der Waals surface area contributed by atoms with Gasteiger partial charge in [0.2, 0.25) is 5.91 Å². The van der Waals surface area contributed by atoms with Crippen LogP contribution in [0.25, 0.3) is 0 Å². The maximum Gasteiger partial charge on any atom is 0.221 e. The van der Waals surface area contributed by atoms with Gasteiger partial charge in [-0.1, -0.05) is 12.1 Å². The fraction of sp³-hybridized carbons (Fsp3) is 0.429. The molecule has 0 spiro atoms. The lowest BCUT2D eigenvalue weighted by Crippen LogP contribution is -2.27. The molecule has 2 N–H and O–H groups in total. The molecule has 0 aliphatic rings. The minimum Gasteiger partial charge on any atom is -0.479 e. The number of hydrogen-bond acceptors (Lipinski definition) is 4. The third kappa shape index (κ3) is 6.43. The van der Waals surface area contributed by atoms with Gasteiger partial charge >= 0.3 is 0 Å². The van der Waals surface area contributed by atoms with Gasteiger partial charge in [-0.15, -0.1) is 0 Å². The van der Waals surface area contributed by atoms with Gasteiger partial charge in [-0.3, -0.25) is 4.79 Å². The van der Waals surface area contributed by atoms with Crippen molar-refractivity contribution < 1.29 is 9.53 Å². The number of benzene rings is 1. The predicted octanol–water partition coefficient (Wildman–Crippen LogP) is 1.20. The first kappa shape index (κ1) is 15.0. The molecule has 102 valence electrons. The average molecular weight is 261 g/mol. The monoisotopic (exact) mass is 261 g/mol. The molecule has 1 aromatic rings. The summed E-state index contributed by atoms with van der Waals surface area (Å²) in [5, 5.41) is 14.3. The van der Waals surface area contributed by atoms with E-state index >= 15 is 0 Å². The summed E-state index contributed by atoms with van der Waals surface area (Å²) in [5.41, 5.74) is 1.11. The van der Waals surface area contributed by atoms with Crippen LogP contribution in [-0.4, -0.2) is 25.6 Å². The van der Waals surface area contributed by atoms with E-state index in [1.54, 1.807) is 0 Å². The van der Waals surface area contributed by atoms with E-state index < -0.39 is 0 Å². The van der Waals surface area contributed by atoms with E-state index in [9.17, 15) is 4.79 Å². The molecule has 0 aliphatic heterocycles. The highest BCUT2D eigenvalue weighted by molar-refractivity contribution is 5.75. The van der Waals surface area contributed by atoms with E-state index in [0.717, 1.165) is 5.56 Å². The molecule has 19 heavy (non-hydrogen) atoms. The van der Waals surface area contributed by atoms with Crippen LogP contribution >= 0.6 is 0 Å². The van der Waals surface area contributed by atoms with E-state index in [4.69, 9.17) is 10.00 Å². The Kier molecular flexibility index (Phi) is 7.06. The lowest BCUT2D eigenvalue weighted by atomic mass is 10.2. The highest BCUT2D eigenvalue weighted by atomic mass is 16.5. The van der Waals surface area contributed by atoms with Crippen molar-refractivity contribution in [3.05, 3.63) is 29.8 Å². The molecule has 5 heteroatoms. The molecule has 0 saturated heterocycles. The fourth-order valence-corrected chi connectivity index (χ4v) is 1.54. The summed E-state index contributed by atoms with van der Waals surface area (Å²) < 4.78 is 5.16. The van der Waals surface area contributed by atoms with Crippen LogP contribution in [0.5, 0.6) is 5.75 Å². The molecule has 5 nitrogen and oxygen atoms in total. The molecule has 0 saturated carbocycles. The summed E-state index contributed by atoms with van der Waals surface area (Å²) in [6, 6.07) is 9.46. The largest absolute Gasteiger partial charge is 0.479 e. The maximum atomic E-state index is 11.2. The third-order valence-corrected chi connectivity index (χ3v) is 2.46. The van der Waals surface area contributed by atoms with Gasteiger partial charge in [0.1, 0.15) is 11.8 Å². The minimum absolute atomic E-state index is 0.0597. The second-order valence-corrected chi connectivity index (χ2v) is 3.97. The second kappa shape index (κ2) is 8.95. The van der Waals surface area contributed by atoms with Crippen molar-refractivity contribution in [2.75, 3.05) is 19.7 Å². The van der Waals surface area contributed by atoms with Crippen molar-refractivity contribution in [3.8, 4) is 11.8 Å². The Morgan fingerprint density at radius 2 is 2.11 bits per heavy atom. The molecule has 1 aromatic carbocycles. The number of carbonyl (C=O) groups excluding carboxylic acids is 1. The topological polar surface area (TPSA) is 74.2 Å². The Bertz CT molecular complexity index is 423. The Balaban J connectivity index is 2.23. The number of ether oxygens (including phenoxy) is 1. The highest BCUT2D eigenvalue weighted by Crippen LogP contribution is 2.11. The minimum atomic E-state index is 0.0597. The zero-order chi connectivity index (χ0) is 13.9. The summed E-state index contributed by atoms with van der Waals surface area (Å²) in [6.07, 6.45) is 0.483. The van der Waals surface area contributed by atoms with Crippen molar-refractivity contribution in [2.45, 2.75) is 19.9 Å². The third-order valence-electron chi connectivity index (χ3n) is 2.46. The van der Waals surface area contributed by atoms with E-state index in [2.05, 4.69) is 10.6 Å². The van der Waals surface area contributed by atoms with Crippen LogP contribution in [0.15, 0.2) is 24.3 Å². The smallest absolute Gasteiger partial charge is 0.221 e. The summed E-state index contributed by atoms with van der Waals surface area (Å²) in [6.45, 7) is 3.99. The number of hydrogen-bond donors (Lipinski definition) is 2. The zero-order valence-electron chi connectivity index (χ0n) is 11.1. The van der Waals surface area contributed by atoms with Gasteiger partial charge < -0.3 is 15.4 Å². The summed E-state index contributed by atoms with van der Waals surface area (Å²) in [5.74, 6) is 0.753. The molecule has 0 bridgehead atoms. The number of rotatable bonds is 8. The van der Waals surface area contributed by atoms with Crippen LogP contribution in [0, 0.1) is 11.3 Å². The Labute approximate surface area is 113 Å². The second-order valence-electron chi connectivity index (χ2n) is 3.97. The van der Waals surface area contributed by atoms with Gasteiger partial charge in [0.05, 0.1) is 0 Å². The molecule has 0 fully saturated rings. The molecule has 0 unspecified atom stereocenters. The number of carbonyl (C=O) groups is 1. The molecular weight excluding hydrogens is 242 g/mol. The van der Waals surface area contributed by atoms with E-state index in [1.165, 1.54) is 0 Å². The molecule has 1 amide bonds. The van der Waals surface area contributed by atoms with Gasteiger partial charge in [0.25, 0.3) is 0 Å². The summed E-state index contributed by atoms with van der Waals surface area (Å²) in [7, 11) is 0. The number of nitrogens with zero attached hydrogens (tertiary/aromatic N) is 1. The first-order valence-corrected chi connectivity index (χ1v) is 6.32. The SMILES string of the molecule is CCNC(=O)CCNCc1ccc(OCC#N)cc1. The standard InChI is InChI=1S/C14H19N3O2/c1-2-17-14(18)7-9-16-11-12-3-5-13(6-4-12)19-10-8-15/h3-6,16H,2,7,9-11H2,1H3,(H,17,18). The summed E-state index contributed by atoms with van der Waals surface area (Å²) >= 11 is 0. The molecule has 0 atom stereocenters. The molecule has 0 radical (unpaired) electrons. The van der Waals surface area contributed by atoms with Crippen LogP contribution in [0.2, 0.25) is 0 Å². The van der Waals surface area contributed by atoms with Gasteiger partial charge in [-0.25, -0.2) is 0 Å². The highest BCUT2D eigenvalue weighted by Gasteiger charge is 1.99. The summed E-state index contributed by atoms with van der Waals surface area (Å²) in [4.78, 5) is 11.2. The first-order chi connectivity index (χ1) is 9.26. The molecule has 0 aromatic heterocycles. The first-order valence-electron chi connectivity index (χ1n) is 6.32. The van der Waals surface area contributed by atoms with Crippen LogP contribution < -0.4 is 15.4 Å². The Hall–Kier alpha value is -2.06. The lowest BCUT2D eigenvalue weighted by molar-refractivity contribution is -0.120. The number of amides is 1. The Morgan fingerprint density at radius 3 is 2.74 bits per heavy atom. The van der Waals surface area contributed by atoms with Crippen LogP contribution in [-0.2, 0) is 11.3 Å². The van der Waals surface area contributed by atoms with Crippen molar-refractivity contribution in [3.63, 3.8) is 0 Å². The lowest BCUT2D eigenvalue weighted by Gasteiger charge is -2.06. The number of nitriles is 1. The average Bonchev–Trinajstić information content (AvgIpc) is 2.43. The predicted molar refractivity (Wildman–Crippen MR) is 72.6 cm³/mol. The Morgan fingerprint density at radius 1 is 1.37 bits per heavy atom. The van der Waals surface area contributed by atoms with Gasteiger partial charge in [-0.05, 0) is 24.6 Å². The maximum absolute atomic E-state index is 11.2. The molecule has 0 aliphatic carbocycles. The van der Waals surface area contributed by atoms with Crippen LogP contribution in [0.4, 0.5) is 0 Å². The van der Waals surface area contributed by atoms with E-state index in [0.29, 0.717) is 31.8 Å². The van der Waals surface area contributed by atoms with Crippen molar-refractivity contribution in [1.29, 1.82) is 5.26 Å². The van der Waals surface area contributed by atoms with Crippen LogP contribution in [0.3, 0.4) is 0 Å². The van der Waals surface area contributed by atoms with E-state index in [-0.39, 0.29) is 12.5 Å². The van der Waals surface area contributed by atoms with E-state index in [1.807, 2.05) is 37.3 Å².